The quantitative estimate of drug-likeness (QED) is 0.617. The molecule has 2 aromatic heterocycles. The van der Waals surface area contributed by atoms with Crippen LogP contribution in [0.4, 0.5) is 0 Å². The third-order valence-electron chi connectivity index (χ3n) is 2.58. The van der Waals surface area contributed by atoms with E-state index in [1.165, 1.54) is 5.39 Å². The van der Waals surface area contributed by atoms with E-state index in [0.717, 1.165) is 16.8 Å². The Kier molecular flexibility index (Phi) is 1.96. The van der Waals surface area contributed by atoms with E-state index in [2.05, 4.69) is 22.2 Å². The van der Waals surface area contributed by atoms with Crippen molar-refractivity contribution in [2.75, 3.05) is 0 Å². The largest absolute Gasteiger partial charge is 0.237 e. The molecule has 0 N–H and O–H groups in total. The van der Waals surface area contributed by atoms with Gasteiger partial charge in [0.2, 0.25) is 0 Å². The number of pyridine rings is 1. The number of benzene rings is 1. The molecule has 0 radical (unpaired) electrons. The van der Waals surface area contributed by atoms with Crippen LogP contribution in [0.2, 0.25) is 0 Å². The van der Waals surface area contributed by atoms with Gasteiger partial charge in [-0.3, -0.25) is 0 Å². The fourth-order valence-corrected chi connectivity index (χ4v) is 1.81. The molecule has 2 heterocycles. The maximum atomic E-state index is 4.39. The first-order valence-electron chi connectivity index (χ1n) is 5.20. The molecule has 3 rings (SSSR count). The van der Waals surface area contributed by atoms with E-state index in [1.807, 2.05) is 48.4 Å². The van der Waals surface area contributed by atoms with Crippen LogP contribution in [0.25, 0.3) is 16.6 Å². The van der Waals surface area contributed by atoms with Crippen LogP contribution in [-0.4, -0.2) is 14.8 Å². The Bertz CT molecular complexity index is 635. The summed E-state index contributed by atoms with van der Waals surface area (Å²) in [5.41, 5.74) is 1.13. The average molecular weight is 209 g/mol. The molecule has 0 aliphatic carbocycles. The van der Waals surface area contributed by atoms with Crippen molar-refractivity contribution in [1.29, 1.82) is 0 Å². The van der Waals surface area contributed by atoms with Crippen LogP contribution in [-0.2, 0) is 0 Å². The normalized spacial score (nSPS) is 10.8. The second kappa shape index (κ2) is 3.45. The standard InChI is InChI=1S/C13H11N3/c1-10-8-15-16(9-10)13-12-5-3-2-4-11(12)6-7-14-13/h2-9H,1H3. The first-order chi connectivity index (χ1) is 7.84. The van der Waals surface area contributed by atoms with Crippen molar-refractivity contribution in [3.05, 3.63) is 54.5 Å². The summed E-state index contributed by atoms with van der Waals surface area (Å²) in [5.74, 6) is 0.881. The summed E-state index contributed by atoms with van der Waals surface area (Å²) >= 11 is 0. The fraction of sp³-hybridized carbons (Fsp3) is 0.0769. The van der Waals surface area contributed by atoms with Gasteiger partial charge in [0, 0.05) is 17.8 Å². The highest BCUT2D eigenvalue weighted by atomic mass is 15.3. The zero-order valence-electron chi connectivity index (χ0n) is 8.96. The van der Waals surface area contributed by atoms with Gasteiger partial charge in [-0.2, -0.15) is 5.10 Å². The van der Waals surface area contributed by atoms with Gasteiger partial charge in [-0.25, -0.2) is 9.67 Å². The molecule has 0 saturated heterocycles. The molecule has 16 heavy (non-hydrogen) atoms. The smallest absolute Gasteiger partial charge is 0.161 e. The minimum atomic E-state index is 0.881. The van der Waals surface area contributed by atoms with Gasteiger partial charge in [-0.1, -0.05) is 24.3 Å². The van der Waals surface area contributed by atoms with Crippen molar-refractivity contribution in [2.24, 2.45) is 0 Å². The van der Waals surface area contributed by atoms with Crippen LogP contribution >= 0.6 is 0 Å². The van der Waals surface area contributed by atoms with Crippen LogP contribution < -0.4 is 0 Å². The molecular formula is C13H11N3. The van der Waals surface area contributed by atoms with Crippen molar-refractivity contribution in [3.8, 4) is 5.82 Å². The topological polar surface area (TPSA) is 30.7 Å². The fourth-order valence-electron chi connectivity index (χ4n) is 1.81. The van der Waals surface area contributed by atoms with Crippen LogP contribution in [0.1, 0.15) is 5.56 Å². The summed E-state index contributed by atoms with van der Waals surface area (Å²) in [6, 6.07) is 10.2. The lowest BCUT2D eigenvalue weighted by Gasteiger charge is -2.04. The summed E-state index contributed by atoms with van der Waals surface area (Å²) in [4.78, 5) is 4.39. The summed E-state index contributed by atoms with van der Waals surface area (Å²) in [5, 5.41) is 6.59. The van der Waals surface area contributed by atoms with E-state index in [9.17, 15) is 0 Å². The summed E-state index contributed by atoms with van der Waals surface area (Å²) < 4.78 is 1.82. The van der Waals surface area contributed by atoms with Gasteiger partial charge in [0.25, 0.3) is 0 Å². The molecule has 3 nitrogen and oxygen atoms in total. The minimum absolute atomic E-state index is 0.881. The predicted octanol–water partition coefficient (Wildman–Crippen LogP) is 2.73. The summed E-state index contributed by atoms with van der Waals surface area (Å²) in [6.45, 7) is 2.02. The summed E-state index contributed by atoms with van der Waals surface area (Å²) in [7, 11) is 0. The Morgan fingerprint density at radius 2 is 2.00 bits per heavy atom. The predicted molar refractivity (Wildman–Crippen MR) is 63.6 cm³/mol. The molecule has 3 heteroatoms. The number of fused-ring (bicyclic) bond motifs is 1. The van der Waals surface area contributed by atoms with Crippen molar-refractivity contribution >= 4 is 10.8 Å². The van der Waals surface area contributed by atoms with Gasteiger partial charge in [0.1, 0.15) is 0 Å². The first-order valence-corrected chi connectivity index (χ1v) is 5.20. The van der Waals surface area contributed by atoms with Crippen LogP contribution in [0, 0.1) is 6.92 Å². The van der Waals surface area contributed by atoms with Crippen LogP contribution in [0.3, 0.4) is 0 Å². The lowest BCUT2D eigenvalue weighted by molar-refractivity contribution is 0.855. The molecule has 3 aromatic rings. The monoisotopic (exact) mass is 209 g/mol. The molecule has 0 bridgehead atoms. The minimum Gasteiger partial charge on any atom is -0.237 e. The molecule has 78 valence electrons. The van der Waals surface area contributed by atoms with Crippen molar-refractivity contribution in [1.82, 2.24) is 14.8 Å². The number of nitrogens with zero attached hydrogens (tertiary/aromatic N) is 3. The highest BCUT2D eigenvalue weighted by Crippen LogP contribution is 2.19. The molecule has 0 amide bonds. The van der Waals surface area contributed by atoms with Crippen LogP contribution in [0.5, 0.6) is 0 Å². The Morgan fingerprint density at radius 3 is 2.81 bits per heavy atom. The number of rotatable bonds is 1. The van der Waals surface area contributed by atoms with Gasteiger partial charge in [0.15, 0.2) is 5.82 Å². The maximum Gasteiger partial charge on any atom is 0.161 e. The second-order valence-corrected chi connectivity index (χ2v) is 3.82. The Balaban J connectivity index is 2.31. The molecule has 0 fully saturated rings. The molecule has 0 aliphatic heterocycles. The Labute approximate surface area is 93.4 Å². The maximum absolute atomic E-state index is 4.39. The zero-order valence-corrected chi connectivity index (χ0v) is 8.96. The molecule has 0 spiro atoms. The number of hydrogen-bond acceptors (Lipinski definition) is 2. The number of aryl methyl sites for hydroxylation is 1. The summed E-state index contributed by atoms with van der Waals surface area (Å²) in [6.07, 6.45) is 5.63. The van der Waals surface area contributed by atoms with E-state index < -0.39 is 0 Å². The zero-order chi connectivity index (χ0) is 11.0. The Hall–Kier alpha value is -2.16. The first kappa shape index (κ1) is 9.09. The van der Waals surface area contributed by atoms with Gasteiger partial charge in [-0.05, 0) is 23.9 Å². The highest BCUT2D eigenvalue weighted by molar-refractivity contribution is 5.88. The number of aromatic nitrogens is 3. The van der Waals surface area contributed by atoms with E-state index in [-0.39, 0.29) is 0 Å². The molecule has 0 atom stereocenters. The number of hydrogen-bond donors (Lipinski definition) is 0. The molecular weight excluding hydrogens is 198 g/mol. The molecule has 0 aliphatic rings. The third-order valence-corrected chi connectivity index (χ3v) is 2.58. The van der Waals surface area contributed by atoms with Crippen molar-refractivity contribution in [2.45, 2.75) is 6.92 Å². The van der Waals surface area contributed by atoms with Gasteiger partial charge >= 0.3 is 0 Å². The molecule has 1 aromatic carbocycles. The van der Waals surface area contributed by atoms with E-state index in [4.69, 9.17) is 0 Å². The van der Waals surface area contributed by atoms with E-state index in [0.29, 0.717) is 0 Å². The molecule has 0 saturated carbocycles. The third kappa shape index (κ3) is 1.37. The van der Waals surface area contributed by atoms with Gasteiger partial charge in [-0.15, -0.1) is 0 Å². The SMILES string of the molecule is Cc1cnn(-c2nccc3ccccc23)c1. The van der Waals surface area contributed by atoms with Crippen LogP contribution in [0.15, 0.2) is 48.9 Å². The van der Waals surface area contributed by atoms with Gasteiger partial charge in [0.05, 0.1) is 6.20 Å². The van der Waals surface area contributed by atoms with E-state index in [1.54, 1.807) is 0 Å². The lowest BCUT2D eigenvalue weighted by atomic mass is 10.1. The highest BCUT2D eigenvalue weighted by Gasteiger charge is 2.04. The van der Waals surface area contributed by atoms with E-state index >= 15 is 0 Å². The van der Waals surface area contributed by atoms with Crippen molar-refractivity contribution < 1.29 is 0 Å². The lowest BCUT2D eigenvalue weighted by Crippen LogP contribution is -1.98. The van der Waals surface area contributed by atoms with Gasteiger partial charge < -0.3 is 0 Å². The Morgan fingerprint density at radius 1 is 1.12 bits per heavy atom. The average Bonchev–Trinajstić information content (AvgIpc) is 2.75. The van der Waals surface area contributed by atoms with Crippen molar-refractivity contribution in [3.63, 3.8) is 0 Å². The second-order valence-electron chi connectivity index (χ2n) is 3.82. The molecule has 0 unspecified atom stereocenters.